The standard InChI is InChI=1S/C15H11ClN2OS/c16-14-3-1-11(2-4-14)7-18-8-13(9-19)15(17-18)12-5-6-20-10-12/h1-6,8-10H,7H2. The van der Waals surface area contributed by atoms with E-state index >= 15 is 0 Å². The zero-order valence-corrected chi connectivity index (χ0v) is 12.1. The Hall–Kier alpha value is -1.91. The Morgan fingerprint density at radius 1 is 1.25 bits per heavy atom. The van der Waals surface area contributed by atoms with E-state index in [4.69, 9.17) is 11.6 Å². The summed E-state index contributed by atoms with van der Waals surface area (Å²) in [5.74, 6) is 0. The predicted octanol–water partition coefficient (Wildman–Crippen LogP) is 4.13. The first-order valence-corrected chi connectivity index (χ1v) is 7.38. The number of hydrogen-bond donors (Lipinski definition) is 0. The number of rotatable bonds is 4. The van der Waals surface area contributed by atoms with Gasteiger partial charge in [0.25, 0.3) is 0 Å². The van der Waals surface area contributed by atoms with Crippen molar-refractivity contribution in [1.82, 2.24) is 9.78 Å². The van der Waals surface area contributed by atoms with Crippen LogP contribution in [-0.2, 0) is 6.54 Å². The molecule has 100 valence electrons. The summed E-state index contributed by atoms with van der Waals surface area (Å²) < 4.78 is 1.78. The molecular formula is C15H11ClN2OS. The third-order valence-corrected chi connectivity index (χ3v) is 3.90. The zero-order valence-electron chi connectivity index (χ0n) is 10.5. The van der Waals surface area contributed by atoms with Crippen LogP contribution < -0.4 is 0 Å². The Bertz CT molecular complexity index is 717. The van der Waals surface area contributed by atoms with Crippen LogP contribution in [0.15, 0.2) is 47.3 Å². The summed E-state index contributed by atoms with van der Waals surface area (Å²) in [6.07, 6.45) is 2.62. The van der Waals surface area contributed by atoms with Gasteiger partial charge in [0.05, 0.1) is 12.1 Å². The summed E-state index contributed by atoms with van der Waals surface area (Å²) in [6, 6.07) is 9.57. The zero-order chi connectivity index (χ0) is 13.9. The Morgan fingerprint density at radius 2 is 2.05 bits per heavy atom. The number of aromatic nitrogens is 2. The van der Waals surface area contributed by atoms with Gasteiger partial charge in [0, 0.05) is 22.2 Å². The summed E-state index contributed by atoms with van der Waals surface area (Å²) in [6.45, 7) is 0.613. The molecule has 0 aliphatic rings. The van der Waals surface area contributed by atoms with E-state index in [2.05, 4.69) is 5.10 Å². The van der Waals surface area contributed by atoms with Crippen LogP contribution in [0.3, 0.4) is 0 Å². The lowest BCUT2D eigenvalue weighted by Crippen LogP contribution is -2.00. The van der Waals surface area contributed by atoms with Gasteiger partial charge in [-0.15, -0.1) is 0 Å². The lowest BCUT2D eigenvalue weighted by atomic mass is 10.2. The van der Waals surface area contributed by atoms with Gasteiger partial charge < -0.3 is 0 Å². The first-order chi connectivity index (χ1) is 9.76. The average Bonchev–Trinajstić information content (AvgIpc) is 3.10. The molecule has 3 aromatic rings. The van der Waals surface area contributed by atoms with Crippen LogP contribution in [0.4, 0.5) is 0 Å². The largest absolute Gasteiger partial charge is 0.298 e. The first-order valence-electron chi connectivity index (χ1n) is 6.06. The molecule has 0 saturated heterocycles. The Balaban J connectivity index is 1.91. The minimum Gasteiger partial charge on any atom is -0.298 e. The fourth-order valence-electron chi connectivity index (χ4n) is 2.00. The van der Waals surface area contributed by atoms with E-state index in [0.29, 0.717) is 17.1 Å². The highest BCUT2D eigenvalue weighted by atomic mass is 35.5. The fourth-order valence-corrected chi connectivity index (χ4v) is 2.77. The van der Waals surface area contributed by atoms with E-state index in [9.17, 15) is 4.79 Å². The molecule has 0 saturated carbocycles. The summed E-state index contributed by atoms with van der Waals surface area (Å²) in [5, 5.41) is 9.17. The van der Waals surface area contributed by atoms with Gasteiger partial charge in [0.1, 0.15) is 5.69 Å². The molecule has 0 aliphatic heterocycles. The topological polar surface area (TPSA) is 34.9 Å². The van der Waals surface area contributed by atoms with Gasteiger partial charge in [-0.05, 0) is 29.1 Å². The maximum Gasteiger partial charge on any atom is 0.153 e. The number of hydrogen-bond acceptors (Lipinski definition) is 3. The molecule has 0 atom stereocenters. The maximum atomic E-state index is 11.2. The molecule has 0 amide bonds. The third kappa shape index (κ3) is 2.66. The Morgan fingerprint density at radius 3 is 2.70 bits per heavy atom. The van der Waals surface area contributed by atoms with Crippen molar-refractivity contribution in [3.05, 3.63) is 63.4 Å². The minimum absolute atomic E-state index is 0.609. The molecule has 1 aromatic carbocycles. The lowest BCUT2D eigenvalue weighted by molar-refractivity contribution is 0.112. The third-order valence-electron chi connectivity index (χ3n) is 2.97. The quantitative estimate of drug-likeness (QED) is 0.679. The molecule has 3 rings (SSSR count). The number of benzene rings is 1. The second-order valence-electron chi connectivity index (χ2n) is 4.39. The Kier molecular flexibility index (Phi) is 3.67. The summed E-state index contributed by atoms with van der Waals surface area (Å²) in [4.78, 5) is 11.2. The van der Waals surface area contributed by atoms with Gasteiger partial charge in [-0.1, -0.05) is 23.7 Å². The van der Waals surface area contributed by atoms with Crippen LogP contribution in [0, 0.1) is 0 Å². The monoisotopic (exact) mass is 302 g/mol. The van der Waals surface area contributed by atoms with Gasteiger partial charge in [0.15, 0.2) is 6.29 Å². The van der Waals surface area contributed by atoms with Crippen LogP contribution in [-0.4, -0.2) is 16.1 Å². The molecule has 0 unspecified atom stereocenters. The Labute approximate surface area is 125 Å². The van der Waals surface area contributed by atoms with Crippen LogP contribution in [0.2, 0.25) is 5.02 Å². The highest BCUT2D eigenvalue weighted by Crippen LogP contribution is 2.23. The molecule has 0 bridgehead atoms. The maximum absolute atomic E-state index is 11.2. The van der Waals surface area contributed by atoms with Crippen LogP contribution in [0.1, 0.15) is 15.9 Å². The van der Waals surface area contributed by atoms with Crippen LogP contribution in [0.25, 0.3) is 11.3 Å². The van der Waals surface area contributed by atoms with Gasteiger partial charge in [-0.2, -0.15) is 16.4 Å². The van der Waals surface area contributed by atoms with Crippen LogP contribution in [0.5, 0.6) is 0 Å². The molecule has 0 aliphatic carbocycles. The van der Waals surface area contributed by atoms with Crippen molar-refractivity contribution >= 4 is 29.2 Å². The van der Waals surface area contributed by atoms with Crippen molar-refractivity contribution in [2.75, 3.05) is 0 Å². The normalized spacial score (nSPS) is 10.7. The number of nitrogens with zero attached hydrogens (tertiary/aromatic N) is 2. The highest BCUT2D eigenvalue weighted by Gasteiger charge is 2.11. The van der Waals surface area contributed by atoms with E-state index in [1.807, 2.05) is 41.1 Å². The molecule has 2 aromatic heterocycles. The number of aldehydes is 1. The SMILES string of the molecule is O=Cc1cn(Cc2ccc(Cl)cc2)nc1-c1ccsc1. The van der Waals surface area contributed by atoms with E-state index < -0.39 is 0 Å². The van der Waals surface area contributed by atoms with Crippen molar-refractivity contribution in [3.63, 3.8) is 0 Å². The fraction of sp³-hybridized carbons (Fsp3) is 0.0667. The van der Waals surface area contributed by atoms with Crippen molar-refractivity contribution in [2.24, 2.45) is 0 Å². The molecule has 0 fully saturated rings. The van der Waals surface area contributed by atoms with Gasteiger partial charge in [-0.25, -0.2) is 0 Å². The number of thiophene rings is 1. The molecular weight excluding hydrogens is 292 g/mol. The van der Waals surface area contributed by atoms with Crippen molar-refractivity contribution < 1.29 is 4.79 Å². The number of carbonyl (C=O) groups excluding carboxylic acids is 1. The summed E-state index contributed by atoms with van der Waals surface area (Å²) in [7, 11) is 0. The molecule has 0 radical (unpaired) electrons. The lowest BCUT2D eigenvalue weighted by Gasteiger charge is -2.01. The molecule has 3 nitrogen and oxygen atoms in total. The smallest absolute Gasteiger partial charge is 0.153 e. The number of carbonyl (C=O) groups is 1. The predicted molar refractivity (Wildman–Crippen MR) is 81.5 cm³/mol. The van der Waals surface area contributed by atoms with Gasteiger partial charge in [0.2, 0.25) is 0 Å². The van der Waals surface area contributed by atoms with Gasteiger partial charge >= 0.3 is 0 Å². The second kappa shape index (κ2) is 5.61. The first kappa shape index (κ1) is 13.1. The summed E-state index contributed by atoms with van der Waals surface area (Å²) >= 11 is 7.46. The molecule has 5 heteroatoms. The van der Waals surface area contributed by atoms with Crippen molar-refractivity contribution in [2.45, 2.75) is 6.54 Å². The molecule has 20 heavy (non-hydrogen) atoms. The highest BCUT2D eigenvalue weighted by molar-refractivity contribution is 7.08. The van der Waals surface area contributed by atoms with E-state index in [-0.39, 0.29) is 0 Å². The summed E-state index contributed by atoms with van der Waals surface area (Å²) in [5.41, 5.74) is 3.41. The van der Waals surface area contributed by atoms with Gasteiger partial charge in [-0.3, -0.25) is 9.48 Å². The minimum atomic E-state index is 0.609. The molecule has 0 N–H and O–H groups in total. The van der Waals surface area contributed by atoms with Crippen LogP contribution >= 0.6 is 22.9 Å². The van der Waals surface area contributed by atoms with E-state index in [0.717, 1.165) is 23.1 Å². The van der Waals surface area contributed by atoms with Crippen molar-refractivity contribution in [1.29, 1.82) is 0 Å². The van der Waals surface area contributed by atoms with E-state index in [1.165, 1.54) is 0 Å². The van der Waals surface area contributed by atoms with E-state index in [1.54, 1.807) is 22.2 Å². The second-order valence-corrected chi connectivity index (χ2v) is 5.60. The molecule has 0 spiro atoms. The molecule has 2 heterocycles. The van der Waals surface area contributed by atoms with Crippen molar-refractivity contribution in [3.8, 4) is 11.3 Å². The average molecular weight is 303 g/mol. The number of halogens is 1.